The lowest BCUT2D eigenvalue weighted by Gasteiger charge is -2.44. The Kier molecular flexibility index (Phi) is 5.32. The summed E-state index contributed by atoms with van der Waals surface area (Å²) in [7, 11) is 0. The molecule has 0 aromatic heterocycles. The Hall–Kier alpha value is -1.38. The van der Waals surface area contributed by atoms with Crippen LogP contribution in [0, 0.1) is 0 Å². The molecule has 0 aliphatic carbocycles. The van der Waals surface area contributed by atoms with E-state index in [-0.39, 0.29) is 25.7 Å². The van der Waals surface area contributed by atoms with Crippen LogP contribution in [0.25, 0.3) is 10.4 Å². The molecule has 102 valence electrons. The van der Waals surface area contributed by atoms with Gasteiger partial charge in [-0.25, -0.2) is 0 Å². The highest BCUT2D eigenvalue weighted by atomic mass is 16.3. The number of aliphatic hydroxyl groups is 3. The largest absolute Gasteiger partial charge is 0.395 e. The van der Waals surface area contributed by atoms with Gasteiger partial charge in [-0.1, -0.05) is 5.11 Å². The van der Waals surface area contributed by atoms with Crippen LogP contribution < -0.4 is 5.32 Å². The predicted molar refractivity (Wildman–Crippen MR) is 61.2 cm³/mol. The van der Waals surface area contributed by atoms with Crippen molar-refractivity contribution in [2.24, 2.45) is 5.11 Å². The molecular formula is C9H17N5O4. The minimum absolute atomic E-state index is 0.0540. The van der Waals surface area contributed by atoms with Crippen molar-refractivity contribution in [3.05, 3.63) is 10.4 Å². The Morgan fingerprint density at radius 2 is 2.22 bits per heavy atom. The average Bonchev–Trinajstić information content (AvgIpc) is 2.32. The normalized spacial score (nSPS) is 32.7. The number of nitrogens with one attached hydrogen (secondary N) is 1. The number of azide groups is 1. The van der Waals surface area contributed by atoms with Gasteiger partial charge in [-0.3, -0.25) is 9.69 Å². The first-order valence-electron chi connectivity index (χ1n) is 5.50. The summed E-state index contributed by atoms with van der Waals surface area (Å²) in [5, 5.41) is 34.7. The second-order valence-electron chi connectivity index (χ2n) is 4.18. The molecule has 4 atom stereocenters. The zero-order valence-electron chi connectivity index (χ0n) is 9.97. The molecule has 1 amide bonds. The molecule has 0 aromatic carbocycles. The summed E-state index contributed by atoms with van der Waals surface area (Å²) < 4.78 is 0. The number of nitrogens with zero attached hydrogens (tertiary/aromatic N) is 4. The molecule has 9 nitrogen and oxygen atoms in total. The van der Waals surface area contributed by atoms with E-state index >= 15 is 0 Å². The Morgan fingerprint density at radius 3 is 2.72 bits per heavy atom. The molecule has 9 heteroatoms. The van der Waals surface area contributed by atoms with Crippen LogP contribution in [-0.4, -0.2) is 70.2 Å². The van der Waals surface area contributed by atoms with Gasteiger partial charge >= 0.3 is 0 Å². The fourth-order valence-electron chi connectivity index (χ4n) is 2.07. The number of carbonyl (C=O) groups excluding carboxylic acids is 1. The summed E-state index contributed by atoms with van der Waals surface area (Å²) in [4.78, 5) is 15.1. The summed E-state index contributed by atoms with van der Waals surface area (Å²) in [6.45, 7) is 1.05. The van der Waals surface area contributed by atoms with Crippen LogP contribution in [0.5, 0.6) is 0 Å². The number of carbonyl (C=O) groups is 1. The minimum Gasteiger partial charge on any atom is -0.395 e. The van der Waals surface area contributed by atoms with Crippen LogP contribution in [0.1, 0.15) is 6.92 Å². The summed E-state index contributed by atoms with van der Waals surface area (Å²) in [6, 6.07) is -1.40. The molecule has 1 saturated heterocycles. The highest BCUT2D eigenvalue weighted by Crippen LogP contribution is 2.18. The van der Waals surface area contributed by atoms with Gasteiger partial charge in [0.1, 0.15) is 6.10 Å². The molecule has 1 fully saturated rings. The van der Waals surface area contributed by atoms with Gasteiger partial charge < -0.3 is 20.6 Å². The Balaban J connectivity index is 2.81. The van der Waals surface area contributed by atoms with Crippen LogP contribution in [0.2, 0.25) is 0 Å². The quantitative estimate of drug-likeness (QED) is 0.266. The summed E-state index contributed by atoms with van der Waals surface area (Å²) in [5.41, 5.74) is 8.27. The third-order valence-electron chi connectivity index (χ3n) is 2.94. The molecule has 1 aliphatic heterocycles. The number of piperidine rings is 1. The number of hydrogen-bond acceptors (Lipinski definition) is 6. The highest BCUT2D eigenvalue weighted by Gasteiger charge is 2.41. The molecule has 0 saturated carbocycles. The number of hydrogen-bond donors (Lipinski definition) is 4. The molecule has 2 unspecified atom stereocenters. The van der Waals surface area contributed by atoms with Crippen molar-refractivity contribution in [3.8, 4) is 0 Å². The number of aliphatic hydroxyl groups excluding tert-OH is 3. The number of rotatable bonds is 4. The third-order valence-corrected chi connectivity index (χ3v) is 2.94. The molecule has 18 heavy (non-hydrogen) atoms. The zero-order valence-corrected chi connectivity index (χ0v) is 9.97. The van der Waals surface area contributed by atoms with Crippen molar-refractivity contribution in [1.29, 1.82) is 0 Å². The first-order valence-corrected chi connectivity index (χ1v) is 5.50. The standard InChI is InChI=1S/C9H17N5O4/c1-5(16)12-6-2-14(4-11-13-10)7(3-15)9(18)8(6)17/h6-9,15,17-18H,2-4H2,1H3,(H,12,16)/t6?,7?,8-,9+/m1/s1. The monoisotopic (exact) mass is 259 g/mol. The summed E-state index contributed by atoms with van der Waals surface area (Å²) >= 11 is 0. The van der Waals surface area contributed by atoms with Gasteiger partial charge in [-0.15, -0.1) is 0 Å². The SMILES string of the molecule is CC(=O)NC1CN(CN=[N+]=[N-])C(CO)[C@H](O)[C@@H]1O. The lowest BCUT2D eigenvalue weighted by Crippen LogP contribution is -2.66. The van der Waals surface area contributed by atoms with Gasteiger partial charge in [-0.05, 0) is 5.53 Å². The van der Waals surface area contributed by atoms with E-state index in [2.05, 4.69) is 15.3 Å². The van der Waals surface area contributed by atoms with Crippen LogP contribution in [0.3, 0.4) is 0 Å². The molecule has 1 heterocycles. The van der Waals surface area contributed by atoms with E-state index < -0.39 is 24.3 Å². The first-order chi connectivity index (χ1) is 8.51. The van der Waals surface area contributed by atoms with Crippen molar-refractivity contribution in [1.82, 2.24) is 10.2 Å². The summed E-state index contributed by atoms with van der Waals surface area (Å²) in [5.74, 6) is -0.336. The third kappa shape index (κ3) is 3.31. The highest BCUT2D eigenvalue weighted by molar-refractivity contribution is 5.73. The van der Waals surface area contributed by atoms with E-state index in [4.69, 9.17) is 5.53 Å². The fourth-order valence-corrected chi connectivity index (χ4v) is 2.07. The molecule has 0 aromatic rings. The molecule has 4 N–H and O–H groups in total. The molecule has 1 rings (SSSR count). The van der Waals surface area contributed by atoms with Gasteiger partial charge in [0.15, 0.2) is 0 Å². The Morgan fingerprint density at radius 1 is 1.56 bits per heavy atom. The average molecular weight is 259 g/mol. The van der Waals surface area contributed by atoms with E-state index in [1.807, 2.05) is 0 Å². The number of likely N-dealkylation sites (tertiary alicyclic amines) is 1. The van der Waals surface area contributed by atoms with Crippen molar-refractivity contribution >= 4 is 5.91 Å². The maximum atomic E-state index is 11.0. The lowest BCUT2D eigenvalue weighted by atomic mass is 9.93. The van der Waals surface area contributed by atoms with Gasteiger partial charge in [0, 0.05) is 18.4 Å². The van der Waals surface area contributed by atoms with E-state index in [1.165, 1.54) is 11.8 Å². The topological polar surface area (TPSA) is 142 Å². The van der Waals surface area contributed by atoms with Crippen molar-refractivity contribution < 1.29 is 20.1 Å². The predicted octanol–water partition coefficient (Wildman–Crippen LogP) is -1.84. The van der Waals surface area contributed by atoms with Crippen molar-refractivity contribution in [3.63, 3.8) is 0 Å². The first kappa shape index (κ1) is 14.7. The van der Waals surface area contributed by atoms with E-state index in [9.17, 15) is 20.1 Å². The zero-order chi connectivity index (χ0) is 13.7. The van der Waals surface area contributed by atoms with Gasteiger partial charge in [0.05, 0.1) is 31.5 Å². The maximum absolute atomic E-state index is 11.0. The molecule has 0 radical (unpaired) electrons. The van der Waals surface area contributed by atoms with Crippen LogP contribution >= 0.6 is 0 Å². The second kappa shape index (κ2) is 6.53. The maximum Gasteiger partial charge on any atom is 0.217 e. The molecule has 0 spiro atoms. The number of amides is 1. The van der Waals surface area contributed by atoms with Crippen LogP contribution in [0.4, 0.5) is 0 Å². The van der Waals surface area contributed by atoms with E-state index in [1.54, 1.807) is 0 Å². The Bertz CT molecular complexity index is 346. The second-order valence-corrected chi connectivity index (χ2v) is 4.18. The Labute approximate surface area is 104 Å². The fraction of sp³-hybridized carbons (Fsp3) is 0.889. The molecule has 1 aliphatic rings. The van der Waals surface area contributed by atoms with E-state index in [0.717, 1.165) is 0 Å². The summed E-state index contributed by atoms with van der Waals surface area (Å²) in [6.07, 6.45) is -2.40. The van der Waals surface area contributed by atoms with Crippen LogP contribution in [-0.2, 0) is 4.79 Å². The van der Waals surface area contributed by atoms with Gasteiger partial charge in [0.2, 0.25) is 5.91 Å². The van der Waals surface area contributed by atoms with E-state index in [0.29, 0.717) is 0 Å². The van der Waals surface area contributed by atoms with Crippen molar-refractivity contribution in [2.45, 2.75) is 31.2 Å². The van der Waals surface area contributed by atoms with Gasteiger partial charge in [-0.2, -0.15) is 0 Å². The minimum atomic E-state index is -1.23. The van der Waals surface area contributed by atoms with Crippen LogP contribution in [0.15, 0.2) is 5.11 Å². The smallest absolute Gasteiger partial charge is 0.217 e. The lowest BCUT2D eigenvalue weighted by molar-refractivity contribution is -0.128. The molecule has 0 bridgehead atoms. The van der Waals surface area contributed by atoms with Gasteiger partial charge in [0.25, 0.3) is 0 Å². The van der Waals surface area contributed by atoms with Crippen molar-refractivity contribution in [2.75, 3.05) is 19.8 Å². The molecular weight excluding hydrogens is 242 g/mol.